The van der Waals surface area contributed by atoms with Gasteiger partial charge in [0.2, 0.25) is 17.7 Å². The lowest BCUT2D eigenvalue weighted by Crippen LogP contribution is -2.49. The molecule has 1 atom stereocenters. The summed E-state index contributed by atoms with van der Waals surface area (Å²) in [5, 5.41) is 14.3. The summed E-state index contributed by atoms with van der Waals surface area (Å²) in [6, 6.07) is 11.7. The SMILES string of the molecule is CSN(O)c1ccc(N2CCN(CC3CCCN(c4nc(N)n5nc(-c6ccco6)nc5n4)C3)CC2)cc1. The summed E-state index contributed by atoms with van der Waals surface area (Å²) in [7, 11) is 0. The maximum Gasteiger partial charge on any atom is 0.259 e. The molecule has 4 aromatic rings. The molecule has 2 saturated heterocycles. The number of hydrogen-bond donors (Lipinski definition) is 2. The van der Waals surface area contributed by atoms with E-state index in [1.54, 1.807) is 18.4 Å². The van der Waals surface area contributed by atoms with E-state index in [0.717, 1.165) is 57.9 Å². The van der Waals surface area contributed by atoms with Crippen molar-refractivity contribution < 1.29 is 9.62 Å². The van der Waals surface area contributed by atoms with Crippen molar-refractivity contribution in [1.82, 2.24) is 29.5 Å². The van der Waals surface area contributed by atoms with Gasteiger partial charge in [0.1, 0.15) is 0 Å². The number of piperidine rings is 1. The number of nitrogens with two attached hydrogens (primary N) is 1. The summed E-state index contributed by atoms with van der Waals surface area (Å²) in [4.78, 5) is 20.9. The summed E-state index contributed by atoms with van der Waals surface area (Å²) < 4.78 is 8.05. The molecule has 2 fully saturated rings. The van der Waals surface area contributed by atoms with Crippen LogP contribution in [0.5, 0.6) is 0 Å². The van der Waals surface area contributed by atoms with E-state index in [4.69, 9.17) is 10.2 Å². The van der Waals surface area contributed by atoms with Crippen LogP contribution in [0.4, 0.5) is 23.3 Å². The van der Waals surface area contributed by atoms with Gasteiger partial charge in [-0.2, -0.15) is 23.9 Å². The second-order valence-electron chi connectivity index (χ2n) is 9.72. The first-order valence-electron chi connectivity index (χ1n) is 12.9. The summed E-state index contributed by atoms with van der Waals surface area (Å²) in [6.45, 7) is 6.88. The van der Waals surface area contributed by atoms with E-state index in [9.17, 15) is 5.21 Å². The number of nitrogen functional groups attached to an aromatic ring is 1. The number of aromatic nitrogens is 5. The fraction of sp³-hybridized carbons (Fsp3) is 0.440. The van der Waals surface area contributed by atoms with Crippen molar-refractivity contribution in [3.63, 3.8) is 0 Å². The predicted molar refractivity (Wildman–Crippen MR) is 149 cm³/mol. The van der Waals surface area contributed by atoms with Gasteiger partial charge in [-0.05, 0) is 67.1 Å². The third-order valence-electron chi connectivity index (χ3n) is 7.26. The molecule has 2 aliphatic rings. The van der Waals surface area contributed by atoms with E-state index < -0.39 is 0 Å². The van der Waals surface area contributed by atoms with E-state index >= 15 is 0 Å². The van der Waals surface area contributed by atoms with E-state index in [0.29, 0.717) is 29.2 Å². The molecule has 0 spiro atoms. The fourth-order valence-corrected chi connectivity index (χ4v) is 5.62. The van der Waals surface area contributed by atoms with Crippen molar-refractivity contribution in [2.75, 3.05) is 72.1 Å². The molecular formula is C25H32N10O2S. The van der Waals surface area contributed by atoms with Crippen LogP contribution in [0.2, 0.25) is 0 Å². The van der Waals surface area contributed by atoms with Crippen molar-refractivity contribution in [2.45, 2.75) is 12.8 Å². The third-order valence-corrected chi connectivity index (χ3v) is 7.82. The first-order valence-corrected chi connectivity index (χ1v) is 14.0. The summed E-state index contributed by atoms with van der Waals surface area (Å²) in [5.74, 6) is 2.84. The Morgan fingerprint density at radius 1 is 1.05 bits per heavy atom. The van der Waals surface area contributed by atoms with Gasteiger partial charge in [-0.3, -0.25) is 10.1 Å². The first kappa shape index (κ1) is 24.8. The van der Waals surface area contributed by atoms with Crippen LogP contribution in [0.1, 0.15) is 12.8 Å². The van der Waals surface area contributed by atoms with Crippen LogP contribution >= 0.6 is 11.9 Å². The predicted octanol–water partition coefficient (Wildman–Crippen LogP) is 2.87. The molecule has 0 saturated carbocycles. The highest BCUT2D eigenvalue weighted by Gasteiger charge is 2.27. The van der Waals surface area contributed by atoms with Gasteiger partial charge in [0, 0.05) is 57.8 Å². The number of nitrogens with zero attached hydrogens (tertiary/aromatic N) is 9. The Labute approximate surface area is 225 Å². The number of fused-ring (bicyclic) bond motifs is 1. The maximum absolute atomic E-state index is 9.86. The van der Waals surface area contributed by atoms with Crippen molar-refractivity contribution in [3.05, 3.63) is 42.7 Å². The molecule has 0 radical (unpaired) electrons. The molecule has 38 heavy (non-hydrogen) atoms. The fourth-order valence-electron chi connectivity index (χ4n) is 5.29. The minimum atomic E-state index is 0.265. The van der Waals surface area contributed by atoms with Crippen LogP contribution in [0.15, 0.2) is 47.1 Å². The monoisotopic (exact) mass is 536 g/mol. The van der Waals surface area contributed by atoms with Gasteiger partial charge in [-0.15, -0.1) is 5.10 Å². The number of hydrogen-bond acceptors (Lipinski definition) is 12. The number of benzene rings is 1. The van der Waals surface area contributed by atoms with E-state index in [2.05, 4.69) is 46.9 Å². The van der Waals surface area contributed by atoms with Gasteiger partial charge in [0.15, 0.2) is 5.76 Å². The highest BCUT2D eigenvalue weighted by molar-refractivity contribution is 7.99. The zero-order chi connectivity index (χ0) is 26.1. The zero-order valence-corrected chi connectivity index (χ0v) is 22.2. The molecular weight excluding hydrogens is 504 g/mol. The second kappa shape index (κ2) is 10.7. The molecule has 0 aliphatic carbocycles. The van der Waals surface area contributed by atoms with Gasteiger partial charge >= 0.3 is 0 Å². The second-order valence-corrected chi connectivity index (χ2v) is 10.4. The highest BCUT2D eigenvalue weighted by Crippen LogP contribution is 2.26. The standard InChI is InChI=1S/C25H32N10O2S/c1-38-35(36)20-8-6-19(7-9-20)32-13-11-31(12-14-32)16-18-4-2-10-33(17-18)24-28-23(26)34-25(29-24)27-22(30-34)21-5-3-15-37-21/h3,5-9,15,18,36H,2,4,10-14,16-17H2,1H3,(H2,26,27,28,29,30). The lowest BCUT2D eigenvalue weighted by Gasteiger charge is -2.40. The average Bonchev–Trinajstić information content (AvgIpc) is 3.64. The molecule has 6 rings (SSSR count). The molecule has 1 aromatic carbocycles. The molecule has 13 heteroatoms. The lowest BCUT2D eigenvalue weighted by atomic mass is 9.97. The van der Waals surface area contributed by atoms with Gasteiger partial charge in [0.25, 0.3) is 5.78 Å². The topological polar surface area (TPSA) is 128 Å². The van der Waals surface area contributed by atoms with Crippen LogP contribution in [0.25, 0.3) is 17.4 Å². The van der Waals surface area contributed by atoms with Gasteiger partial charge < -0.3 is 20.0 Å². The van der Waals surface area contributed by atoms with Crippen LogP contribution < -0.4 is 20.0 Å². The lowest BCUT2D eigenvalue weighted by molar-refractivity contribution is 0.205. The highest BCUT2D eigenvalue weighted by atomic mass is 32.2. The number of rotatable bonds is 7. The van der Waals surface area contributed by atoms with Crippen LogP contribution in [0, 0.1) is 5.92 Å². The van der Waals surface area contributed by atoms with Crippen molar-refractivity contribution in [1.29, 1.82) is 0 Å². The molecule has 5 heterocycles. The zero-order valence-electron chi connectivity index (χ0n) is 21.3. The normalized spacial score (nSPS) is 18.8. The molecule has 12 nitrogen and oxygen atoms in total. The Hall–Kier alpha value is -3.55. The van der Waals surface area contributed by atoms with Crippen molar-refractivity contribution in [2.24, 2.45) is 5.92 Å². The van der Waals surface area contributed by atoms with E-state index in [-0.39, 0.29) is 5.95 Å². The first-order chi connectivity index (χ1) is 18.6. The molecule has 3 N–H and O–H groups in total. The Kier molecular flexibility index (Phi) is 6.96. The quantitative estimate of drug-likeness (QED) is 0.266. The Bertz CT molecular complexity index is 1350. The number of piperazine rings is 1. The van der Waals surface area contributed by atoms with Gasteiger partial charge in [0.05, 0.1) is 12.0 Å². The van der Waals surface area contributed by atoms with E-state index in [1.165, 1.54) is 33.0 Å². The Morgan fingerprint density at radius 2 is 1.87 bits per heavy atom. The molecule has 3 aromatic heterocycles. The summed E-state index contributed by atoms with van der Waals surface area (Å²) in [6.07, 6.45) is 5.71. The molecule has 2 aliphatic heterocycles. The summed E-state index contributed by atoms with van der Waals surface area (Å²) in [5.41, 5.74) is 8.21. The Balaban J connectivity index is 1.06. The number of furan rings is 1. The average molecular weight is 537 g/mol. The number of anilines is 4. The van der Waals surface area contributed by atoms with Crippen LogP contribution in [0.3, 0.4) is 0 Å². The molecule has 0 bridgehead atoms. The smallest absolute Gasteiger partial charge is 0.259 e. The summed E-state index contributed by atoms with van der Waals surface area (Å²) >= 11 is 1.28. The maximum atomic E-state index is 9.86. The largest absolute Gasteiger partial charge is 0.461 e. The van der Waals surface area contributed by atoms with Crippen molar-refractivity contribution >= 4 is 41.0 Å². The van der Waals surface area contributed by atoms with Crippen LogP contribution in [-0.4, -0.2) is 86.7 Å². The minimum absolute atomic E-state index is 0.265. The molecule has 200 valence electrons. The minimum Gasteiger partial charge on any atom is -0.461 e. The molecule has 0 amide bonds. The molecule has 1 unspecified atom stereocenters. The Morgan fingerprint density at radius 3 is 2.61 bits per heavy atom. The van der Waals surface area contributed by atoms with Crippen molar-refractivity contribution in [3.8, 4) is 11.6 Å². The van der Waals surface area contributed by atoms with Crippen LogP contribution in [-0.2, 0) is 0 Å². The van der Waals surface area contributed by atoms with E-state index in [1.807, 2.05) is 18.4 Å². The third kappa shape index (κ3) is 5.08. The van der Waals surface area contributed by atoms with Gasteiger partial charge in [-0.1, -0.05) is 0 Å². The van der Waals surface area contributed by atoms with Gasteiger partial charge in [-0.25, -0.2) is 0 Å².